The maximum absolute atomic E-state index is 9.59. The number of aryl methyl sites for hydroxylation is 1. The first-order valence-electron chi connectivity index (χ1n) is 13.9. The summed E-state index contributed by atoms with van der Waals surface area (Å²) in [6.45, 7) is 2.92. The third kappa shape index (κ3) is 5.51. The van der Waals surface area contributed by atoms with E-state index in [1.807, 2.05) is 84.5 Å². The summed E-state index contributed by atoms with van der Waals surface area (Å²) in [7, 11) is 1.99. The Morgan fingerprint density at radius 2 is 1.48 bits per heavy atom. The highest BCUT2D eigenvalue weighted by atomic mass is 16.5. The van der Waals surface area contributed by atoms with Crippen LogP contribution in [0.2, 0.25) is 0 Å². The molecule has 3 aromatic carbocycles. The molecule has 0 spiro atoms. The molecule has 5 aromatic rings. The van der Waals surface area contributed by atoms with E-state index in [4.69, 9.17) is 19.6 Å². The van der Waals surface area contributed by atoms with Crippen LogP contribution in [-0.4, -0.2) is 39.6 Å². The van der Waals surface area contributed by atoms with Crippen molar-refractivity contribution in [1.82, 2.24) is 14.8 Å². The number of hydrogen-bond donors (Lipinski definition) is 1. The van der Waals surface area contributed by atoms with Crippen LogP contribution in [0.25, 0.3) is 22.2 Å². The maximum Gasteiger partial charge on any atom is 0.226 e. The second-order valence-corrected chi connectivity index (χ2v) is 10.3. The molecular weight excluding hydrogens is 500 g/mol. The van der Waals surface area contributed by atoms with Crippen LogP contribution in [0.4, 0.5) is 5.69 Å². The molecule has 1 aliphatic heterocycles. The SMILES string of the molecule is Cn1nc(-c2ccc(OCc3ccccc3)nc2OCc2ccccc2)c2cccc(N3CCC(CO)CC3)c21. The van der Waals surface area contributed by atoms with Crippen molar-refractivity contribution in [2.45, 2.75) is 26.1 Å². The summed E-state index contributed by atoms with van der Waals surface area (Å²) in [6, 6.07) is 30.4. The smallest absolute Gasteiger partial charge is 0.226 e. The van der Waals surface area contributed by atoms with E-state index in [-0.39, 0.29) is 6.61 Å². The number of aromatic nitrogens is 3. The Kier molecular flexibility index (Phi) is 7.64. The molecule has 7 nitrogen and oxygen atoms in total. The van der Waals surface area contributed by atoms with E-state index < -0.39 is 0 Å². The number of aliphatic hydroxyl groups excluding tert-OH is 1. The van der Waals surface area contributed by atoms with E-state index in [9.17, 15) is 5.11 Å². The molecule has 204 valence electrons. The topological polar surface area (TPSA) is 72.6 Å². The molecule has 40 heavy (non-hydrogen) atoms. The zero-order valence-corrected chi connectivity index (χ0v) is 22.7. The van der Waals surface area contributed by atoms with Crippen molar-refractivity contribution in [1.29, 1.82) is 0 Å². The normalized spacial score (nSPS) is 14.0. The van der Waals surface area contributed by atoms with Crippen LogP contribution in [0, 0.1) is 5.92 Å². The molecule has 0 atom stereocenters. The van der Waals surface area contributed by atoms with Gasteiger partial charge >= 0.3 is 0 Å². The van der Waals surface area contributed by atoms with Crippen LogP contribution in [0.5, 0.6) is 11.8 Å². The van der Waals surface area contributed by atoms with Crippen LogP contribution in [0.1, 0.15) is 24.0 Å². The van der Waals surface area contributed by atoms with Crippen molar-refractivity contribution < 1.29 is 14.6 Å². The van der Waals surface area contributed by atoms with Crippen LogP contribution >= 0.6 is 0 Å². The lowest BCUT2D eigenvalue weighted by Gasteiger charge is -2.33. The van der Waals surface area contributed by atoms with Gasteiger partial charge in [0.05, 0.1) is 16.8 Å². The average Bonchev–Trinajstić information content (AvgIpc) is 3.36. The van der Waals surface area contributed by atoms with E-state index in [0.717, 1.165) is 64.9 Å². The van der Waals surface area contributed by atoms with Gasteiger partial charge in [-0.2, -0.15) is 10.1 Å². The van der Waals surface area contributed by atoms with Crippen LogP contribution in [0.3, 0.4) is 0 Å². The van der Waals surface area contributed by atoms with Crippen molar-refractivity contribution in [2.24, 2.45) is 13.0 Å². The molecule has 1 saturated heterocycles. The zero-order chi connectivity index (χ0) is 27.3. The molecule has 2 aromatic heterocycles. The van der Waals surface area contributed by atoms with Gasteiger partial charge in [-0.3, -0.25) is 4.68 Å². The number of piperidine rings is 1. The number of anilines is 1. The molecule has 7 heteroatoms. The molecule has 1 fully saturated rings. The first-order chi connectivity index (χ1) is 19.7. The van der Waals surface area contributed by atoms with Gasteiger partial charge in [0, 0.05) is 38.2 Å². The van der Waals surface area contributed by atoms with Crippen LogP contribution < -0.4 is 14.4 Å². The highest BCUT2D eigenvalue weighted by Gasteiger charge is 2.24. The molecule has 6 rings (SSSR count). The van der Waals surface area contributed by atoms with Crippen molar-refractivity contribution >= 4 is 16.6 Å². The number of fused-ring (bicyclic) bond motifs is 1. The molecule has 0 amide bonds. The third-order valence-electron chi connectivity index (χ3n) is 7.59. The summed E-state index contributed by atoms with van der Waals surface area (Å²) in [4.78, 5) is 7.21. The number of aliphatic hydroxyl groups is 1. The quantitative estimate of drug-likeness (QED) is 0.250. The van der Waals surface area contributed by atoms with Crippen LogP contribution in [-0.2, 0) is 20.3 Å². The first-order valence-corrected chi connectivity index (χ1v) is 13.9. The Morgan fingerprint density at radius 3 is 2.15 bits per heavy atom. The number of rotatable bonds is 9. The molecule has 1 aliphatic rings. The van der Waals surface area contributed by atoms with E-state index in [1.165, 1.54) is 0 Å². The van der Waals surface area contributed by atoms with E-state index >= 15 is 0 Å². The number of ether oxygens (including phenoxy) is 2. The number of benzene rings is 3. The highest BCUT2D eigenvalue weighted by molar-refractivity contribution is 6.01. The van der Waals surface area contributed by atoms with Gasteiger partial charge in [-0.05, 0) is 42.0 Å². The van der Waals surface area contributed by atoms with Crippen LogP contribution in [0.15, 0.2) is 91.0 Å². The summed E-state index contributed by atoms with van der Waals surface area (Å²) < 4.78 is 14.3. The zero-order valence-electron chi connectivity index (χ0n) is 22.7. The molecule has 0 aliphatic carbocycles. The molecule has 0 saturated carbocycles. The van der Waals surface area contributed by atoms with E-state index in [2.05, 4.69) is 23.1 Å². The fourth-order valence-corrected chi connectivity index (χ4v) is 5.38. The third-order valence-corrected chi connectivity index (χ3v) is 7.59. The van der Waals surface area contributed by atoms with E-state index in [0.29, 0.717) is 30.9 Å². The summed E-state index contributed by atoms with van der Waals surface area (Å²) in [5.41, 5.74) is 6.03. The van der Waals surface area contributed by atoms with E-state index in [1.54, 1.807) is 0 Å². The maximum atomic E-state index is 9.59. The van der Waals surface area contributed by atoms with Gasteiger partial charge in [0.1, 0.15) is 18.9 Å². The van der Waals surface area contributed by atoms with Crippen molar-refractivity contribution in [3.8, 4) is 23.0 Å². The van der Waals surface area contributed by atoms with Crippen molar-refractivity contribution in [2.75, 3.05) is 24.6 Å². The first kappa shape index (κ1) is 25.9. The number of nitrogens with zero attached hydrogens (tertiary/aromatic N) is 4. The number of para-hydroxylation sites is 1. The Labute approximate surface area is 234 Å². The largest absolute Gasteiger partial charge is 0.473 e. The number of hydrogen-bond acceptors (Lipinski definition) is 6. The van der Waals surface area contributed by atoms with Gasteiger partial charge in [0.25, 0.3) is 0 Å². The van der Waals surface area contributed by atoms with Crippen molar-refractivity contribution in [3.63, 3.8) is 0 Å². The summed E-state index contributed by atoms with van der Waals surface area (Å²) >= 11 is 0. The predicted molar refractivity (Wildman–Crippen MR) is 158 cm³/mol. The lowest BCUT2D eigenvalue weighted by atomic mass is 9.97. The lowest BCUT2D eigenvalue weighted by molar-refractivity contribution is 0.203. The molecule has 3 heterocycles. The standard InChI is InChI=1S/C33H34N4O3/c1-36-32-27(13-8-14-29(32)37-19-17-24(21-38)18-20-37)31(35-36)28-15-16-30(39-22-25-9-4-2-5-10-25)34-33(28)40-23-26-11-6-3-7-12-26/h2-16,24,38H,17-23H2,1H3. The monoisotopic (exact) mass is 534 g/mol. The minimum absolute atomic E-state index is 0.262. The fourth-order valence-electron chi connectivity index (χ4n) is 5.38. The Bertz CT molecular complexity index is 1560. The number of pyridine rings is 1. The molecule has 0 radical (unpaired) electrons. The summed E-state index contributed by atoms with van der Waals surface area (Å²) in [5, 5.41) is 15.6. The summed E-state index contributed by atoms with van der Waals surface area (Å²) in [5.74, 6) is 1.38. The lowest BCUT2D eigenvalue weighted by Crippen LogP contribution is -2.35. The minimum atomic E-state index is 0.262. The molecule has 1 N–H and O–H groups in total. The average molecular weight is 535 g/mol. The Balaban J connectivity index is 1.35. The molecular formula is C33H34N4O3. The second-order valence-electron chi connectivity index (χ2n) is 10.3. The summed E-state index contributed by atoms with van der Waals surface area (Å²) in [6.07, 6.45) is 1.98. The highest BCUT2D eigenvalue weighted by Crippen LogP contribution is 2.39. The van der Waals surface area contributed by atoms with Gasteiger partial charge in [0.15, 0.2) is 0 Å². The molecule has 0 bridgehead atoms. The molecule has 0 unspecified atom stereocenters. The van der Waals surface area contributed by atoms with Crippen molar-refractivity contribution in [3.05, 3.63) is 102 Å². The predicted octanol–water partition coefficient (Wildman–Crippen LogP) is 6.00. The van der Waals surface area contributed by atoms with Gasteiger partial charge in [-0.15, -0.1) is 0 Å². The Hall–Kier alpha value is -4.36. The van der Waals surface area contributed by atoms with Gasteiger partial charge in [0.2, 0.25) is 11.8 Å². The van der Waals surface area contributed by atoms with Gasteiger partial charge in [-0.1, -0.05) is 72.8 Å². The fraction of sp³-hybridized carbons (Fsp3) is 0.273. The Morgan fingerprint density at radius 1 is 0.800 bits per heavy atom. The second kappa shape index (κ2) is 11.8. The minimum Gasteiger partial charge on any atom is -0.473 e. The van der Waals surface area contributed by atoms with Gasteiger partial charge < -0.3 is 19.5 Å². The van der Waals surface area contributed by atoms with Gasteiger partial charge in [-0.25, -0.2) is 0 Å².